The van der Waals surface area contributed by atoms with Crippen molar-refractivity contribution in [3.05, 3.63) is 47.7 Å². The van der Waals surface area contributed by atoms with Gasteiger partial charge in [-0.1, -0.05) is 0 Å². The van der Waals surface area contributed by atoms with Crippen molar-refractivity contribution < 1.29 is 23.1 Å². The first kappa shape index (κ1) is 19.5. The molecule has 148 valence electrons. The quantitative estimate of drug-likeness (QED) is 0.861. The van der Waals surface area contributed by atoms with E-state index in [2.05, 4.69) is 15.5 Å². The summed E-state index contributed by atoms with van der Waals surface area (Å²) < 4.78 is 31.6. The Bertz CT molecular complexity index is 855. The summed E-state index contributed by atoms with van der Waals surface area (Å²) >= 11 is 0. The van der Waals surface area contributed by atoms with Crippen LogP contribution in [0, 0.1) is 11.6 Å². The van der Waals surface area contributed by atoms with Crippen LogP contribution in [0.25, 0.3) is 0 Å². The molecular weight excluding hydrogens is 372 g/mol. The molecule has 1 aromatic carbocycles. The Balaban J connectivity index is 1.59. The topological polar surface area (TPSA) is 87.7 Å². The fourth-order valence-electron chi connectivity index (χ4n) is 2.71. The molecule has 2 amide bonds. The summed E-state index contributed by atoms with van der Waals surface area (Å²) in [6.45, 7) is 3.51. The molecule has 1 N–H and O–H groups in total. The van der Waals surface area contributed by atoms with E-state index in [1.165, 1.54) is 18.2 Å². The number of ether oxygens (including phenoxy) is 1. The van der Waals surface area contributed by atoms with Gasteiger partial charge in [0, 0.05) is 32.2 Å². The molecule has 0 aliphatic carbocycles. The van der Waals surface area contributed by atoms with Crippen molar-refractivity contribution in [3.63, 3.8) is 0 Å². The molecule has 0 spiro atoms. The van der Waals surface area contributed by atoms with Crippen molar-refractivity contribution in [2.24, 2.45) is 0 Å². The monoisotopic (exact) mass is 391 g/mol. The highest BCUT2D eigenvalue weighted by atomic mass is 19.1. The Kier molecular flexibility index (Phi) is 5.97. The van der Waals surface area contributed by atoms with Gasteiger partial charge in [0.05, 0.1) is 12.3 Å². The fraction of sp³-hybridized carbons (Fsp3) is 0.333. The molecule has 1 saturated heterocycles. The second-order valence-corrected chi connectivity index (χ2v) is 6.03. The third-order valence-electron chi connectivity index (χ3n) is 4.17. The fourth-order valence-corrected chi connectivity index (χ4v) is 2.71. The first-order chi connectivity index (χ1) is 13.5. The number of anilines is 2. The van der Waals surface area contributed by atoms with E-state index < -0.39 is 17.7 Å². The Morgan fingerprint density at radius 1 is 1.07 bits per heavy atom. The minimum atomic E-state index is -0.763. The average molecular weight is 391 g/mol. The second-order valence-electron chi connectivity index (χ2n) is 6.03. The van der Waals surface area contributed by atoms with Crippen LogP contribution in [0.15, 0.2) is 30.3 Å². The zero-order valence-corrected chi connectivity index (χ0v) is 15.2. The van der Waals surface area contributed by atoms with Gasteiger partial charge in [0.1, 0.15) is 11.6 Å². The van der Waals surface area contributed by atoms with E-state index in [-0.39, 0.29) is 23.1 Å². The Morgan fingerprint density at radius 2 is 1.79 bits per heavy atom. The highest BCUT2D eigenvalue weighted by molar-refractivity contribution is 5.92. The number of carbonyl (C=O) groups is 2. The normalized spacial score (nSPS) is 14.0. The largest absolute Gasteiger partial charge is 0.450 e. The molecule has 0 atom stereocenters. The molecule has 1 aliphatic rings. The van der Waals surface area contributed by atoms with E-state index in [9.17, 15) is 18.4 Å². The zero-order valence-electron chi connectivity index (χ0n) is 15.2. The number of hydrogen-bond donors (Lipinski definition) is 1. The van der Waals surface area contributed by atoms with E-state index in [0.29, 0.717) is 32.8 Å². The van der Waals surface area contributed by atoms with Gasteiger partial charge in [0.2, 0.25) is 0 Å². The number of benzene rings is 1. The first-order valence-corrected chi connectivity index (χ1v) is 8.74. The maximum Gasteiger partial charge on any atom is 0.409 e. The van der Waals surface area contributed by atoms with Crippen LogP contribution in [0.4, 0.5) is 25.1 Å². The molecule has 1 fully saturated rings. The summed E-state index contributed by atoms with van der Waals surface area (Å²) in [5.74, 6) is -1.54. The Morgan fingerprint density at radius 3 is 2.39 bits per heavy atom. The lowest BCUT2D eigenvalue weighted by Gasteiger charge is -2.33. The number of hydrogen-bond acceptors (Lipinski definition) is 6. The van der Waals surface area contributed by atoms with Crippen LogP contribution >= 0.6 is 0 Å². The molecule has 0 bridgehead atoms. The predicted molar refractivity (Wildman–Crippen MR) is 96.2 cm³/mol. The van der Waals surface area contributed by atoms with Gasteiger partial charge in [-0.05, 0) is 31.2 Å². The van der Waals surface area contributed by atoms with E-state index in [4.69, 9.17) is 4.74 Å². The minimum Gasteiger partial charge on any atom is -0.450 e. The lowest BCUT2D eigenvalue weighted by atomic mass is 10.2. The van der Waals surface area contributed by atoms with Crippen LogP contribution < -0.4 is 5.32 Å². The van der Waals surface area contributed by atoms with E-state index in [1.807, 2.05) is 0 Å². The van der Waals surface area contributed by atoms with E-state index in [0.717, 1.165) is 12.1 Å². The van der Waals surface area contributed by atoms with Crippen LogP contribution in [-0.4, -0.2) is 64.8 Å². The number of aromatic nitrogens is 2. The number of amides is 2. The number of piperazine rings is 1. The van der Waals surface area contributed by atoms with Crippen LogP contribution in [0.5, 0.6) is 0 Å². The van der Waals surface area contributed by atoms with Crippen LogP contribution in [0.2, 0.25) is 0 Å². The SMILES string of the molecule is CCOC(=O)N1CCN(C(=O)c2ccc(Nc3ccc(F)cc3F)nn2)CC1. The van der Waals surface area contributed by atoms with Crippen molar-refractivity contribution >= 4 is 23.5 Å². The summed E-state index contributed by atoms with van der Waals surface area (Å²) in [4.78, 5) is 27.3. The molecule has 10 heteroatoms. The smallest absolute Gasteiger partial charge is 0.409 e. The number of halogens is 2. The molecule has 0 radical (unpaired) electrons. The van der Waals surface area contributed by atoms with Gasteiger partial charge in [-0.3, -0.25) is 4.79 Å². The molecule has 0 unspecified atom stereocenters. The van der Waals surface area contributed by atoms with Gasteiger partial charge in [-0.25, -0.2) is 13.6 Å². The summed E-state index contributed by atoms with van der Waals surface area (Å²) in [5.41, 5.74) is 0.180. The highest BCUT2D eigenvalue weighted by Crippen LogP contribution is 2.19. The van der Waals surface area contributed by atoms with Crippen molar-refractivity contribution in [2.75, 3.05) is 38.1 Å². The van der Waals surface area contributed by atoms with Gasteiger partial charge in [-0.2, -0.15) is 0 Å². The van der Waals surface area contributed by atoms with E-state index >= 15 is 0 Å². The molecule has 28 heavy (non-hydrogen) atoms. The van der Waals surface area contributed by atoms with Crippen molar-refractivity contribution in [3.8, 4) is 0 Å². The average Bonchev–Trinajstić information content (AvgIpc) is 2.70. The van der Waals surface area contributed by atoms with Gasteiger partial charge >= 0.3 is 6.09 Å². The van der Waals surface area contributed by atoms with Gasteiger partial charge < -0.3 is 19.9 Å². The Labute approximate surface area is 160 Å². The third kappa shape index (κ3) is 4.51. The van der Waals surface area contributed by atoms with Gasteiger partial charge in [0.15, 0.2) is 11.5 Å². The molecule has 1 aliphatic heterocycles. The molecule has 3 rings (SSSR count). The molecule has 8 nitrogen and oxygen atoms in total. The van der Waals surface area contributed by atoms with E-state index in [1.54, 1.807) is 16.7 Å². The number of rotatable bonds is 4. The second kappa shape index (κ2) is 8.59. The molecule has 2 aromatic rings. The summed E-state index contributed by atoms with van der Waals surface area (Å²) in [7, 11) is 0. The highest BCUT2D eigenvalue weighted by Gasteiger charge is 2.26. The van der Waals surface area contributed by atoms with Crippen LogP contribution in [0.1, 0.15) is 17.4 Å². The van der Waals surface area contributed by atoms with Crippen molar-refractivity contribution in [2.45, 2.75) is 6.92 Å². The van der Waals surface area contributed by atoms with Crippen LogP contribution in [-0.2, 0) is 4.74 Å². The zero-order chi connectivity index (χ0) is 20.1. The molecular formula is C18H19F2N5O3. The Hall–Kier alpha value is -3.30. The minimum absolute atomic E-state index is 0.0462. The maximum atomic E-state index is 13.7. The molecule has 1 aromatic heterocycles. The number of carbonyl (C=O) groups excluding carboxylic acids is 2. The number of nitrogens with zero attached hydrogens (tertiary/aromatic N) is 4. The maximum absolute atomic E-state index is 13.7. The third-order valence-corrected chi connectivity index (χ3v) is 4.17. The lowest BCUT2D eigenvalue weighted by molar-refractivity contribution is 0.0565. The van der Waals surface area contributed by atoms with Crippen molar-refractivity contribution in [1.82, 2.24) is 20.0 Å². The van der Waals surface area contributed by atoms with Gasteiger partial charge in [0.25, 0.3) is 5.91 Å². The standard InChI is InChI=1S/C18H19F2N5O3/c1-2-28-18(27)25-9-7-24(8-10-25)17(26)15-5-6-16(23-22-15)21-14-4-3-12(19)11-13(14)20/h3-6,11H,2,7-10H2,1H3,(H,21,23). The lowest BCUT2D eigenvalue weighted by Crippen LogP contribution is -2.50. The number of nitrogens with one attached hydrogen (secondary N) is 1. The van der Waals surface area contributed by atoms with Gasteiger partial charge in [-0.15, -0.1) is 10.2 Å². The molecule has 2 heterocycles. The van der Waals surface area contributed by atoms with Crippen LogP contribution in [0.3, 0.4) is 0 Å². The summed E-state index contributed by atoms with van der Waals surface area (Å²) in [6, 6.07) is 6.07. The van der Waals surface area contributed by atoms with Crippen molar-refractivity contribution in [1.29, 1.82) is 0 Å². The summed E-state index contributed by atoms with van der Waals surface area (Å²) in [6.07, 6.45) is -0.391. The summed E-state index contributed by atoms with van der Waals surface area (Å²) in [5, 5.41) is 10.4. The predicted octanol–water partition coefficient (Wildman–Crippen LogP) is 2.41. The molecule has 0 saturated carbocycles. The first-order valence-electron chi connectivity index (χ1n) is 8.74.